The largest absolute Gasteiger partial charge is 0.451 e. The van der Waals surface area contributed by atoms with Crippen molar-refractivity contribution in [1.29, 1.82) is 0 Å². The highest BCUT2D eigenvalue weighted by molar-refractivity contribution is 6.40. The fraction of sp³-hybridized carbons (Fsp3) is 1.00. The Morgan fingerprint density at radius 1 is 1.47 bits per heavy atom. The van der Waals surface area contributed by atoms with Gasteiger partial charge >= 0.3 is 7.12 Å². The second-order valence-corrected chi connectivity index (χ2v) is 5.46. The molecule has 0 aliphatic carbocycles. The van der Waals surface area contributed by atoms with Crippen LogP contribution in [-0.2, 0) is 0 Å². The minimum absolute atomic E-state index is 0.351. The standard InChI is InChI=1S/C11H24BN3O2/c13-5-7-15-6-3-11(2-1-4-12(16)17)9-14-8-10(11)15/h10,14,16-17H,1-9,13H2/t10-,11+/m0/s1. The van der Waals surface area contributed by atoms with Crippen LogP contribution in [0, 0.1) is 5.41 Å². The predicted molar refractivity (Wildman–Crippen MR) is 68.6 cm³/mol. The Hall–Kier alpha value is -0.135. The Kier molecular flexibility index (Phi) is 4.44. The van der Waals surface area contributed by atoms with Gasteiger partial charge < -0.3 is 21.1 Å². The van der Waals surface area contributed by atoms with Crippen LogP contribution >= 0.6 is 0 Å². The average molecular weight is 241 g/mol. The van der Waals surface area contributed by atoms with Gasteiger partial charge in [0.25, 0.3) is 0 Å². The van der Waals surface area contributed by atoms with E-state index >= 15 is 0 Å². The summed E-state index contributed by atoms with van der Waals surface area (Å²) in [6, 6.07) is 0.599. The van der Waals surface area contributed by atoms with Crippen LogP contribution in [0.5, 0.6) is 0 Å². The second-order valence-electron chi connectivity index (χ2n) is 5.46. The highest BCUT2D eigenvalue weighted by atomic mass is 16.4. The smallest absolute Gasteiger partial charge is 0.427 e. The van der Waals surface area contributed by atoms with Gasteiger partial charge in [0.1, 0.15) is 0 Å². The number of rotatable bonds is 6. The molecule has 0 spiro atoms. The zero-order chi connectivity index (χ0) is 12.3. The molecule has 0 amide bonds. The topological polar surface area (TPSA) is 81.8 Å². The minimum atomic E-state index is -1.15. The zero-order valence-corrected chi connectivity index (χ0v) is 10.4. The fourth-order valence-corrected chi connectivity index (χ4v) is 3.54. The molecule has 2 aliphatic heterocycles. The third kappa shape index (κ3) is 2.82. The first kappa shape index (κ1) is 13.3. The first-order chi connectivity index (χ1) is 8.18. The molecule has 5 N–H and O–H groups in total. The maximum atomic E-state index is 8.91. The first-order valence-electron chi connectivity index (χ1n) is 6.69. The molecule has 0 bridgehead atoms. The van der Waals surface area contributed by atoms with E-state index in [1.54, 1.807) is 0 Å². The summed E-state index contributed by atoms with van der Waals surface area (Å²) in [6.07, 6.45) is 3.69. The van der Waals surface area contributed by atoms with E-state index in [2.05, 4.69) is 10.2 Å². The van der Waals surface area contributed by atoms with Gasteiger partial charge in [-0.15, -0.1) is 0 Å². The molecular weight excluding hydrogens is 217 g/mol. The lowest BCUT2D eigenvalue weighted by Crippen LogP contribution is -2.41. The quantitative estimate of drug-likeness (QED) is 0.442. The van der Waals surface area contributed by atoms with Crippen molar-refractivity contribution in [2.24, 2.45) is 11.1 Å². The summed E-state index contributed by atoms with van der Waals surface area (Å²) < 4.78 is 0. The predicted octanol–water partition coefficient (Wildman–Crippen LogP) is -1.14. The van der Waals surface area contributed by atoms with Crippen molar-refractivity contribution in [1.82, 2.24) is 10.2 Å². The molecule has 2 rings (SSSR count). The monoisotopic (exact) mass is 241 g/mol. The van der Waals surface area contributed by atoms with Crippen LogP contribution < -0.4 is 11.1 Å². The van der Waals surface area contributed by atoms with Crippen molar-refractivity contribution in [3.63, 3.8) is 0 Å². The lowest BCUT2D eigenvalue weighted by atomic mass is 9.74. The van der Waals surface area contributed by atoms with Crippen molar-refractivity contribution in [3.8, 4) is 0 Å². The Morgan fingerprint density at radius 2 is 2.29 bits per heavy atom. The number of nitrogens with one attached hydrogen (secondary N) is 1. The summed E-state index contributed by atoms with van der Waals surface area (Å²) in [4.78, 5) is 2.50. The van der Waals surface area contributed by atoms with Crippen molar-refractivity contribution >= 4 is 7.12 Å². The summed E-state index contributed by atoms with van der Waals surface area (Å²) >= 11 is 0. The number of hydrogen-bond acceptors (Lipinski definition) is 5. The molecule has 5 nitrogen and oxygen atoms in total. The summed E-state index contributed by atoms with van der Waals surface area (Å²) in [5, 5.41) is 21.3. The normalized spacial score (nSPS) is 33.0. The molecule has 0 saturated carbocycles. The van der Waals surface area contributed by atoms with Crippen LogP contribution in [0.15, 0.2) is 0 Å². The first-order valence-corrected chi connectivity index (χ1v) is 6.69. The van der Waals surface area contributed by atoms with E-state index in [0.717, 1.165) is 45.6 Å². The Balaban J connectivity index is 1.89. The summed E-state index contributed by atoms with van der Waals surface area (Å²) in [6.45, 7) is 4.98. The van der Waals surface area contributed by atoms with Crippen LogP contribution in [0.3, 0.4) is 0 Å². The molecule has 2 saturated heterocycles. The third-order valence-electron chi connectivity index (χ3n) is 4.41. The highest BCUT2D eigenvalue weighted by Gasteiger charge is 2.49. The molecular formula is C11H24BN3O2. The van der Waals surface area contributed by atoms with Crippen LogP contribution in [0.25, 0.3) is 0 Å². The average Bonchev–Trinajstić information content (AvgIpc) is 2.79. The van der Waals surface area contributed by atoms with E-state index < -0.39 is 7.12 Å². The molecule has 0 unspecified atom stereocenters. The molecule has 6 heteroatoms. The van der Waals surface area contributed by atoms with E-state index in [-0.39, 0.29) is 0 Å². The van der Waals surface area contributed by atoms with E-state index in [1.165, 1.54) is 6.42 Å². The minimum Gasteiger partial charge on any atom is -0.427 e. The number of nitrogens with two attached hydrogens (primary N) is 1. The molecule has 2 aliphatic rings. The van der Waals surface area contributed by atoms with E-state index in [9.17, 15) is 0 Å². The fourth-order valence-electron chi connectivity index (χ4n) is 3.54. The van der Waals surface area contributed by atoms with Gasteiger partial charge in [0, 0.05) is 37.6 Å². The molecule has 17 heavy (non-hydrogen) atoms. The SMILES string of the molecule is NCCN1CC[C@]2(CCCB(O)O)CNC[C@H]12. The van der Waals surface area contributed by atoms with Gasteiger partial charge in [0.15, 0.2) is 0 Å². The van der Waals surface area contributed by atoms with Crippen molar-refractivity contribution in [3.05, 3.63) is 0 Å². The third-order valence-corrected chi connectivity index (χ3v) is 4.41. The molecule has 98 valence electrons. The molecule has 2 fully saturated rings. The summed E-state index contributed by atoms with van der Waals surface area (Å²) in [7, 11) is -1.15. The number of likely N-dealkylation sites (tertiary alicyclic amines) is 1. The highest BCUT2D eigenvalue weighted by Crippen LogP contribution is 2.43. The Bertz CT molecular complexity index is 255. The number of nitrogens with zero attached hydrogens (tertiary/aromatic N) is 1. The van der Waals surface area contributed by atoms with E-state index in [4.69, 9.17) is 15.8 Å². The van der Waals surface area contributed by atoms with Crippen LogP contribution in [-0.4, -0.2) is 60.8 Å². The maximum Gasteiger partial charge on any atom is 0.451 e. The van der Waals surface area contributed by atoms with Crippen LogP contribution in [0.4, 0.5) is 0 Å². The molecule has 0 aromatic carbocycles. The van der Waals surface area contributed by atoms with Gasteiger partial charge in [0.2, 0.25) is 0 Å². The summed E-state index contributed by atoms with van der Waals surface area (Å²) in [5.74, 6) is 0. The van der Waals surface area contributed by atoms with E-state index in [1.807, 2.05) is 0 Å². The molecule has 2 atom stereocenters. The van der Waals surface area contributed by atoms with Crippen LogP contribution in [0.1, 0.15) is 19.3 Å². The second kappa shape index (κ2) is 5.67. The van der Waals surface area contributed by atoms with Gasteiger partial charge in [-0.2, -0.15) is 0 Å². The molecule has 0 aromatic rings. The van der Waals surface area contributed by atoms with Gasteiger partial charge in [-0.3, -0.25) is 4.90 Å². The number of fused-ring (bicyclic) bond motifs is 1. The van der Waals surface area contributed by atoms with Crippen LogP contribution in [0.2, 0.25) is 6.32 Å². The Labute approximate surface area is 104 Å². The van der Waals surface area contributed by atoms with E-state index in [0.29, 0.717) is 17.8 Å². The maximum absolute atomic E-state index is 8.91. The number of hydrogen-bond donors (Lipinski definition) is 4. The lowest BCUT2D eigenvalue weighted by molar-refractivity contribution is 0.193. The van der Waals surface area contributed by atoms with Gasteiger partial charge in [-0.05, 0) is 25.7 Å². The molecule has 2 heterocycles. The molecule has 0 aromatic heterocycles. The van der Waals surface area contributed by atoms with Crippen molar-refractivity contribution in [2.45, 2.75) is 31.6 Å². The summed E-state index contributed by atoms with van der Waals surface area (Å²) in [5.41, 5.74) is 6.00. The van der Waals surface area contributed by atoms with Gasteiger partial charge in [0.05, 0.1) is 0 Å². The Morgan fingerprint density at radius 3 is 3.00 bits per heavy atom. The lowest BCUT2D eigenvalue weighted by Gasteiger charge is -2.31. The zero-order valence-electron chi connectivity index (χ0n) is 10.4. The van der Waals surface area contributed by atoms with Crippen molar-refractivity contribution < 1.29 is 10.0 Å². The van der Waals surface area contributed by atoms with Gasteiger partial charge in [-0.25, -0.2) is 0 Å². The van der Waals surface area contributed by atoms with Gasteiger partial charge in [-0.1, -0.05) is 6.42 Å². The van der Waals surface area contributed by atoms with Crippen molar-refractivity contribution in [2.75, 3.05) is 32.7 Å². The molecule has 0 radical (unpaired) electrons.